The standard InChI is InChI=1S/C20H20ClNO4/c1-24-17-9-8-15-16(12-21)22(20(23)18(15)19(17)25-2)10-11-26-13-14-6-4-3-5-7-14/h3-9,12H,10-11,13H2,1-2H3/b16-12-. The molecular formula is C20H20ClNO4. The Balaban J connectivity index is 1.73. The summed E-state index contributed by atoms with van der Waals surface area (Å²) >= 11 is 6.00. The molecular weight excluding hydrogens is 354 g/mol. The molecule has 0 radical (unpaired) electrons. The minimum atomic E-state index is -0.175. The average molecular weight is 374 g/mol. The van der Waals surface area contributed by atoms with Gasteiger partial charge in [-0.3, -0.25) is 4.79 Å². The third-order valence-electron chi connectivity index (χ3n) is 4.25. The average Bonchev–Trinajstić information content (AvgIpc) is 2.96. The molecule has 5 nitrogen and oxygen atoms in total. The normalized spacial score (nSPS) is 14.7. The highest BCUT2D eigenvalue weighted by molar-refractivity contribution is 6.30. The summed E-state index contributed by atoms with van der Waals surface area (Å²) in [5.74, 6) is 0.750. The molecule has 0 aromatic heterocycles. The number of benzene rings is 2. The van der Waals surface area contributed by atoms with Crippen molar-refractivity contribution in [3.05, 3.63) is 64.7 Å². The summed E-state index contributed by atoms with van der Waals surface area (Å²) in [4.78, 5) is 14.5. The van der Waals surface area contributed by atoms with Gasteiger partial charge < -0.3 is 19.1 Å². The second kappa shape index (κ2) is 8.25. The van der Waals surface area contributed by atoms with E-state index in [1.165, 1.54) is 19.8 Å². The predicted molar refractivity (Wildman–Crippen MR) is 101 cm³/mol. The smallest absolute Gasteiger partial charge is 0.263 e. The van der Waals surface area contributed by atoms with Gasteiger partial charge in [-0.2, -0.15) is 0 Å². The second-order valence-corrected chi connectivity index (χ2v) is 5.93. The molecule has 0 atom stereocenters. The fourth-order valence-electron chi connectivity index (χ4n) is 3.00. The Morgan fingerprint density at radius 2 is 1.85 bits per heavy atom. The molecule has 3 rings (SSSR count). The SMILES string of the molecule is COc1ccc2c(c1OC)C(=O)N(CCOCc1ccccc1)/C2=C\Cl. The van der Waals surface area contributed by atoms with Crippen LogP contribution in [0, 0.1) is 0 Å². The van der Waals surface area contributed by atoms with Crippen molar-refractivity contribution in [1.82, 2.24) is 4.90 Å². The van der Waals surface area contributed by atoms with Gasteiger partial charge in [0.1, 0.15) is 0 Å². The van der Waals surface area contributed by atoms with E-state index >= 15 is 0 Å². The van der Waals surface area contributed by atoms with Gasteiger partial charge in [0.25, 0.3) is 5.91 Å². The number of halogens is 1. The molecule has 0 unspecified atom stereocenters. The molecule has 0 bridgehead atoms. The number of fused-ring (bicyclic) bond motifs is 1. The fraction of sp³-hybridized carbons (Fsp3) is 0.250. The molecule has 0 saturated carbocycles. The molecule has 0 saturated heterocycles. The highest BCUT2D eigenvalue weighted by Gasteiger charge is 2.36. The maximum atomic E-state index is 12.9. The van der Waals surface area contributed by atoms with Crippen LogP contribution in [0.2, 0.25) is 0 Å². The fourth-order valence-corrected chi connectivity index (χ4v) is 3.24. The van der Waals surface area contributed by atoms with E-state index in [1.807, 2.05) is 36.4 Å². The topological polar surface area (TPSA) is 48.0 Å². The Morgan fingerprint density at radius 3 is 2.50 bits per heavy atom. The van der Waals surface area contributed by atoms with Crippen LogP contribution >= 0.6 is 11.6 Å². The van der Waals surface area contributed by atoms with Crippen LogP contribution < -0.4 is 9.47 Å². The number of nitrogens with zero attached hydrogens (tertiary/aromatic N) is 1. The van der Waals surface area contributed by atoms with Crippen molar-refractivity contribution in [2.45, 2.75) is 6.61 Å². The molecule has 1 aliphatic heterocycles. The van der Waals surface area contributed by atoms with Gasteiger partial charge in [0, 0.05) is 17.6 Å². The number of carbonyl (C=O) groups is 1. The van der Waals surface area contributed by atoms with E-state index < -0.39 is 0 Å². The summed E-state index contributed by atoms with van der Waals surface area (Å²) in [6.07, 6.45) is 0. The first-order chi connectivity index (χ1) is 12.7. The summed E-state index contributed by atoms with van der Waals surface area (Å²) in [5.41, 5.74) is 4.32. The zero-order valence-electron chi connectivity index (χ0n) is 14.7. The van der Waals surface area contributed by atoms with Crippen molar-refractivity contribution in [2.75, 3.05) is 27.4 Å². The second-order valence-electron chi connectivity index (χ2n) is 5.71. The van der Waals surface area contributed by atoms with Crippen LogP contribution in [-0.4, -0.2) is 38.2 Å². The molecule has 1 heterocycles. The lowest BCUT2D eigenvalue weighted by molar-refractivity contribution is 0.0742. The lowest BCUT2D eigenvalue weighted by Gasteiger charge is -2.17. The van der Waals surface area contributed by atoms with E-state index in [0.29, 0.717) is 42.5 Å². The molecule has 1 aliphatic rings. The predicted octanol–water partition coefficient (Wildman–Crippen LogP) is 3.91. The van der Waals surface area contributed by atoms with Crippen LogP contribution in [-0.2, 0) is 11.3 Å². The molecule has 136 valence electrons. The van der Waals surface area contributed by atoms with Crippen molar-refractivity contribution < 1.29 is 19.0 Å². The first-order valence-corrected chi connectivity index (χ1v) is 8.64. The monoisotopic (exact) mass is 373 g/mol. The van der Waals surface area contributed by atoms with Crippen molar-refractivity contribution >= 4 is 23.2 Å². The maximum Gasteiger partial charge on any atom is 0.263 e. The minimum Gasteiger partial charge on any atom is -0.493 e. The Hall–Kier alpha value is -2.50. The third-order valence-corrected chi connectivity index (χ3v) is 4.45. The molecule has 26 heavy (non-hydrogen) atoms. The van der Waals surface area contributed by atoms with Crippen molar-refractivity contribution in [1.29, 1.82) is 0 Å². The lowest BCUT2D eigenvalue weighted by Crippen LogP contribution is -2.27. The number of ether oxygens (including phenoxy) is 3. The summed E-state index contributed by atoms with van der Waals surface area (Å²) in [6, 6.07) is 13.5. The number of methoxy groups -OCH3 is 2. The zero-order valence-corrected chi connectivity index (χ0v) is 15.5. The quantitative estimate of drug-likeness (QED) is 0.690. The van der Waals surface area contributed by atoms with Gasteiger partial charge in [0.05, 0.1) is 38.7 Å². The van der Waals surface area contributed by atoms with E-state index in [9.17, 15) is 4.79 Å². The van der Waals surface area contributed by atoms with E-state index in [0.717, 1.165) is 11.1 Å². The largest absolute Gasteiger partial charge is 0.493 e. The molecule has 0 fully saturated rings. The van der Waals surface area contributed by atoms with Gasteiger partial charge in [0.15, 0.2) is 11.5 Å². The summed E-state index contributed by atoms with van der Waals surface area (Å²) in [5, 5.41) is 0. The van der Waals surface area contributed by atoms with E-state index in [-0.39, 0.29) is 5.91 Å². The van der Waals surface area contributed by atoms with Crippen LogP contribution in [0.4, 0.5) is 0 Å². The Kier molecular flexibility index (Phi) is 5.81. The Bertz CT molecular complexity index is 820. The number of hydrogen-bond donors (Lipinski definition) is 0. The molecule has 0 aliphatic carbocycles. The highest BCUT2D eigenvalue weighted by atomic mass is 35.5. The van der Waals surface area contributed by atoms with Gasteiger partial charge >= 0.3 is 0 Å². The van der Waals surface area contributed by atoms with Gasteiger partial charge in [-0.25, -0.2) is 0 Å². The lowest BCUT2D eigenvalue weighted by atomic mass is 10.1. The summed E-state index contributed by atoms with van der Waals surface area (Å²) < 4.78 is 16.4. The van der Waals surface area contributed by atoms with E-state index in [2.05, 4.69) is 0 Å². The van der Waals surface area contributed by atoms with Gasteiger partial charge in [-0.15, -0.1) is 0 Å². The highest BCUT2D eigenvalue weighted by Crippen LogP contribution is 2.42. The number of amides is 1. The number of carbonyl (C=O) groups excluding carboxylic acids is 1. The van der Waals surface area contributed by atoms with Gasteiger partial charge in [0.2, 0.25) is 0 Å². The van der Waals surface area contributed by atoms with Crippen molar-refractivity contribution in [3.8, 4) is 11.5 Å². The molecule has 2 aromatic carbocycles. The van der Waals surface area contributed by atoms with Crippen LogP contribution in [0.5, 0.6) is 11.5 Å². The van der Waals surface area contributed by atoms with E-state index in [4.69, 9.17) is 25.8 Å². The molecule has 2 aromatic rings. The Morgan fingerprint density at radius 1 is 1.08 bits per heavy atom. The summed E-state index contributed by atoms with van der Waals surface area (Å²) in [6.45, 7) is 1.28. The first kappa shape index (κ1) is 18.3. The molecule has 6 heteroatoms. The number of rotatable bonds is 7. The first-order valence-electron chi connectivity index (χ1n) is 8.20. The van der Waals surface area contributed by atoms with Crippen LogP contribution in [0.3, 0.4) is 0 Å². The zero-order chi connectivity index (χ0) is 18.5. The molecule has 1 amide bonds. The van der Waals surface area contributed by atoms with Crippen molar-refractivity contribution in [2.24, 2.45) is 0 Å². The molecule has 0 N–H and O–H groups in total. The van der Waals surface area contributed by atoms with Gasteiger partial charge in [-0.05, 0) is 17.7 Å². The van der Waals surface area contributed by atoms with Crippen LogP contribution in [0.1, 0.15) is 21.5 Å². The van der Waals surface area contributed by atoms with Gasteiger partial charge in [-0.1, -0.05) is 41.9 Å². The molecule has 0 spiro atoms. The van der Waals surface area contributed by atoms with Crippen molar-refractivity contribution in [3.63, 3.8) is 0 Å². The Labute approximate surface area is 157 Å². The number of hydrogen-bond acceptors (Lipinski definition) is 4. The summed E-state index contributed by atoms with van der Waals surface area (Å²) in [7, 11) is 3.05. The van der Waals surface area contributed by atoms with Crippen LogP contribution in [0.15, 0.2) is 48.0 Å². The van der Waals surface area contributed by atoms with E-state index in [1.54, 1.807) is 11.0 Å². The maximum absolute atomic E-state index is 12.9. The minimum absolute atomic E-state index is 0.175. The van der Waals surface area contributed by atoms with Crippen LogP contribution in [0.25, 0.3) is 5.70 Å². The third kappa shape index (κ3) is 3.41.